The van der Waals surface area contributed by atoms with Gasteiger partial charge >= 0.3 is 6.18 Å². The molecule has 2 aromatic rings. The average molecular weight is 489 g/mol. The lowest BCUT2D eigenvalue weighted by Crippen LogP contribution is -2.68. The fourth-order valence-corrected chi connectivity index (χ4v) is 4.62. The molecule has 10 heteroatoms. The fraction of sp³-hybridized carbons (Fsp3) is 0.400. The number of unbranched alkanes of at least 4 members (excludes halogenated alkanes) is 2. The van der Waals surface area contributed by atoms with E-state index in [-0.39, 0.29) is 19.0 Å². The molecule has 0 bridgehead atoms. The zero-order chi connectivity index (χ0) is 25.2. The van der Waals surface area contributed by atoms with Crippen LogP contribution in [0.5, 0.6) is 0 Å². The summed E-state index contributed by atoms with van der Waals surface area (Å²) in [4.78, 5) is 42.4. The molecule has 4 rings (SSSR count). The van der Waals surface area contributed by atoms with Crippen molar-refractivity contribution in [1.29, 1.82) is 0 Å². The van der Waals surface area contributed by atoms with Gasteiger partial charge in [-0.25, -0.2) is 0 Å². The zero-order valence-electron chi connectivity index (χ0n) is 19.3. The van der Waals surface area contributed by atoms with Crippen LogP contribution < -0.4 is 15.5 Å². The van der Waals surface area contributed by atoms with Crippen molar-refractivity contribution in [2.75, 3.05) is 29.9 Å². The van der Waals surface area contributed by atoms with Crippen molar-refractivity contribution in [2.45, 2.75) is 44.4 Å². The molecule has 0 aliphatic carbocycles. The maximum absolute atomic E-state index is 13.6. The van der Waals surface area contributed by atoms with Crippen LogP contribution in [0.3, 0.4) is 0 Å². The summed E-state index contributed by atoms with van der Waals surface area (Å²) in [6, 6.07) is 9.71. The van der Waals surface area contributed by atoms with E-state index in [1.54, 1.807) is 29.2 Å². The Morgan fingerprint density at radius 2 is 1.77 bits per heavy atom. The summed E-state index contributed by atoms with van der Waals surface area (Å²) in [7, 11) is 0. The van der Waals surface area contributed by atoms with E-state index in [1.807, 2.05) is 6.92 Å². The highest BCUT2D eigenvalue weighted by Crippen LogP contribution is 2.37. The molecule has 3 amide bonds. The first-order chi connectivity index (χ1) is 16.7. The molecule has 35 heavy (non-hydrogen) atoms. The number of carbonyl (C=O) groups excluding carboxylic acids is 3. The molecule has 0 saturated carbocycles. The van der Waals surface area contributed by atoms with Crippen LogP contribution >= 0.6 is 0 Å². The number of rotatable bonds is 6. The number of hydrogen-bond donors (Lipinski definition) is 2. The number of benzene rings is 2. The summed E-state index contributed by atoms with van der Waals surface area (Å²) in [5.74, 6) is -1.67. The Morgan fingerprint density at radius 1 is 1.06 bits per heavy atom. The molecule has 186 valence electrons. The quantitative estimate of drug-likeness (QED) is 0.608. The van der Waals surface area contributed by atoms with Gasteiger partial charge in [0.15, 0.2) is 0 Å². The average Bonchev–Trinajstić information content (AvgIpc) is 2.85. The molecule has 1 saturated heterocycles. The first-order valence-electron chi connectivity index (χ1n) is 11.6. The molecule has 1 fully saturated rings. The lowest BCUT2D eigenvalue weighted by atomic mass is 9.97. The number of piperazine rings is 1. The van der Waals surface area contributed by atoms with Crippen molar-refractivity contribution in [2.24, 2.45) is 0 Å². The molecular formula is C25H27F3N4O3. The minimum Gasteiger partial charge on any atom is -0.354 e. The fourth-order valence-electron chi connectivity index (χ4n) is 4.62. The second-order valence-corrected chi connectivity index (χ2v) is 8.70. The van der Waals surface area contributed by atoms with E-state index in [0.717, 1.165) is 31.4 Å². The molecule has 0 aromatic heterocycles. The number of amides is 3. The minimum absolute atomic E-state index is 0.148. The van der Waals surface area contributed by atoms with Crippen molar-refractivity contribution in [3.63, 3.8) is 0 Å². The smallest absolute Gasteiger partial charge is 0.354 e. The third-order valence-corrected chi connectivity index (χ3v) is 6.33. The van der Waals surface area contributed by atoms with Gasteiger partial charge in [0.05, 0.1) is 35.6 Å². The largest absolute Gasteiger partial charge is 0.417 e. The Morgan fingerprint density at radius 3 is 2.51 bits per heavy atom. The molecule has 2 aromatic carbocycles. The highest BCUT2D eigenvalue weighted by atomic mass is 19.4. The first-order valence-corrected chi connectivity index (χ1v) is 11.6. The third kappa shape index (κ3) is 4.96. The lowest BCUT2D eigenvalue weighted by molar-refractivity contribution is -0.138. The Balaban J connectivity index is 1.68. The summed E-state index contributed by atoms with van der Waals surface area (Å²) in [5.41, 5.74) is -0.382. The van der Waals surface area contributed by atoms with Gasteiger partial charge in [0.2, 0.25) is 11.8 Å². The number of carbonyl (C=O) groups is 3. The number of alkyl halides is 3. The van der Waals surface area contributed by atoms with Crippen LogP contribution in [0.1, 0.15) is 42.1 Å². The second kappa shape index (κ2) is 9.97. The topological polar surface area (TPSA) is 81.8 Å². The van der Waals surface area contributed by atoms with E-state index in [9.17, 15) is 27.6 Å². The minimum atomic E-state index is -4.72. The van der Waals surface area contributed by atoms with Crippen molar-refractivity contribution >= 4 is 29.1 Å². The maximum atomic E-state index is 13.6. The van der Waals surface area contributed by atoms with Crippen molar-refractivity contribution in [3.05, 3.63) is 59.7 Å². The third-order valence-electron chi connectivity index (χ3n) is 6.33. The number of hydrogen-bond acceptors (Lipinski definition) is 4. The molecule has 2 N–H and O–H groups in total. The monoisotopic (exact) mass is 488 g/mol. The van der Waals surface area contributed by atoms with E-state index in [1.165, 1.54) is 17.0 Å². The van der Waals surface area contributed by atoms with Crippen LogP contribution in [0.25, 0.3) is 0 Å². The van der Waals surface area contributed by atoms with E-state index < -0.39 is 41.2 Å². The summed E-state index contributed by atoms with van der Waals surface area (Å²) >= 11 is 0. The zero-order valence-corrected chi connectivity index (χ0v) is 19.3. The molecule has 0 spiro atoms. The van der Waals surface area contributed by atoms with Crippen LogP contribution in [0.15, 0.2) is 48.5 Å². The predicted molar refractivity (Wildman–Crippen MR) is 125 cm³/mol. The Bertz CT molecular complexity index is 1120. The molecule has 7 nitrogen and oxygen atoms in total. The van der Waals surface area contributed by atoms with Gasteiger partial charge in [-0.2, -0.15) is 13.2 Å². The van der Waals surface area contributed by atoms with Gasteiger partial charge in [-0.3, -0.25) is 14.4 Å². The van der Waals surface area contributed by atoms with Gasteiger partial charge < -0.3 is 20.4 Å². The summed E-state index contributed by atoms with van der Waals surface area (Å²) < 4.78 is 40.7. The number of nitrogens with zero attached hydrogens (tertiary/aromatic N) is 2. The van der Waals surface area contributed by atoms with Crippen LogP contribution in [0.2, 0.25) is 0 Å². The van der Waals surface area contributed by atoms with Crippen LogP contribution in [0.4, 0.5) is 24.5 Å². The Kier molecular flexibility index (Phi) is 7.00. The van der Waals surface area contributed by atoms with Gasteiger partial charge in [0, 0.05) is 6.54 Å². The number of nitrogens with one attached hydrogen (secondary N) is 2. The van der Waals surface area contributed by atoms with Crippen molar-refractivity contribution in [1.82, 2.24) is 10.2 Å². The van der Waals surface area contributed by atoms with Gasteiger partial charge in [0.25, 0.3) is 5.91 Å². The Hall–Kier alpha value is -3.56. The molecular weight excluding hydrogens is 461 g/mol. The molecule has 2 atom stereocenters. The number of para-hydroxylation sites is 2. The summed E-state index contributed by atoms with van der Waals surface area (Å²) in [5, 5.41) is 5.65. The maximum Gasteiger partial charge on any atom is 0.417 e. The molecule has 2 heterocycles. The number of halogens is 3. The molecule has 2 unspecified atom stereocenters. The lowest BCUT2D eigenvalue weighted by Gasteiger charge is -2.49. The van der Waals surface area contributed by atoms with Gasteiger partial charge in [-0.15, -0.1) is 0 Å². The molecule has 0 radical (unpaired) electrons. The van der Waals surface area contributed by atoms with Crippen molar-refractivity contribution in [3.8, 4) is 0 Å². The van der Waals surface area contributed by atoms with Crippen molar-refractivity contribution < 1.29 is 27.6 Å². The van der Waals surface area contributed by atoms with E-state index in [4.69, 9.17) is 0 Å². The number of anilines is 2. The first kappa shape index (κ1) is 24.6. The van der Waals surface area contributed by atoms with Gasteiger partial charge in [-0.05, 0) is 30.7 Å². The van der Waals surface area contributed by atoms with Gasteiger partial charge in [-0.1, -0.05) is 44.0 Å². The molecule has 2 aliphatic rings. The normalized spacial score (nSPS) is 19.5. The van der Waals surface area contributed by atoms with Crippen LogP contribution in [-0.4, -0.2) is 54.3 Å². The SMILES string of the molecule is CCCCCNC(=O)C1CN(C(=O)c2ccccc2C(F)(F)F)CC2C(=O)Nc3ccccc3N12. The summed E-state index contributed by atoms with van der Waals surface area (Å²) in [6.07, 6.45) is -2.04. The van der Waals surface area contributed by atoms with E-state index in [2.05, 4.69) is 10.6 Å². The highest BCUT2D eigenvalue weighted by Gasteiger charge is 2.47. The standard InChI is InChI=1S/C25H27F3N4O3/c1-2-3-8-13-29-22(33)20-14-31(24(35)16-9-4-5-10-17(16)25(26,27)28)15-21-23(34)30-18-11-6-7-12-19(18)32(20)21/h4-7,9-12,20-21H,2-3,8,13-15H2,1H3,(H,29,33)(H,30,34). The van der Waals surface area contributed by atoms with Crippen LogP contribution in [-0.2, 0) is 15.8 Å². The van der Waals surface area contributed by atoms with E-state index >= 15 is 0 Å². The predicted octanol–water partition coefficient (Wildman–Crippen LogP) is 3.66. The van der Waals surface area contributed by atoms with E-state index in [0.29, 0.717) is 17.9 Å². The van der Waals surface area contributed by atoms with Crippen LogP contribution in [0, 0.1) is 0 Å². The molecule has 2 aliphatic heterocycles. The van der Waals surface area contributed by atoms with Gasteiger partial charge in [0.1, 0.15) is 12.1 Å². The summed E-state index contributed by atoms with van der Waals surface area (Å²) in [6.45, 7) is 2.17. The Labute approximate surface area is 201 Å². The second-order valence-electron chi connectivity index (χ2n) is 8.70. The number of fused-ring (bicyclic) bond motifs is 3. The highest BCUT2D eigenvalue weighted by molar-refractivity contribution is 6.07.